The van der Waals surface area contributed by atoms with Crippen LogP contribution in [0.3, 0.4) is 0 Å². The lowest BCUT2D eigenvalue weighted by Crippen LogP contribution is -2.28. The van der Waals surface area contributed by atoms with Gasteiger partial charge in [-0.15, -0.1) is 0 Å². The molecule has 0 spiro atoms. The maximum absolute atomic E-state index is 12.9. The standard InChI is InChI=1S/C18H13BrClNO2/c19-12-1-3-14-15(8-21-16(14)7-12)18(22)11-5-10-6-13(20)2-4-17(10)23-9-11/h1-4,6-8,11,21H,5,9H2. The van der Waals surface area contributed by atoms with E-state index in [4.69, 9.17) is 16.3 Å². The minimum atomic E-state index is -0.191. The van der Waals surface area contributed by atoms with Gasteiger partial charge in [0, 0.05) is 32.2 Å². The second-order valence-corrected chi connectivity index (χ2v) is 7.07. The zero-order chi connectivity index (χ0) is 16.0. The number of fused-ring (bicyclic) bond motifs is 2. The summed E-state index contributed by atoms with van der Waals surface area (Å²) in [5.74, 6) is 0.731. The third kappa shape index (κ3) is 2.66. The number of carbonyl (C=O) groups is 1. The third-order valence-corrected chi connectivity index (χ3v) is 4.94. The van der Waals surface area contributed by atoms with E-state index in [9.17, 15) is 4.79 Å². The SMILES string of the molecule is O=C(c1c[nH]c2cc(Br)ccc12)C1COc2ccc(Cl)cc2C1. The van der Waals surface area contributed by atoms with Gasteiger partial charge in [0.05, 0.1) is 12.5 Å². The number of aromatic amines is 1. The van der Waals surface area contributed by atoms with E-state index in [0.717, 1.165) is 26.7 Å². The van der Waals surface area contributed by atoms with E-state index < -0.39 is 0 Å². The first kappa shape index (κ1) is 14.8. The normalized spacial score (nSPS) is 16.9. The predicted octanol–water partition coefficient (Wildman–Crippen LogP) is 5.02. The number of carbonyl (C=O) groups excluding carboxylic acids is 1. The van der Waals surface area contributed by atoms with Gasteiger partial charge in [0.15, 0.2) is 5.78 Å². The molecule has 1 aliphatic heterocycles. The fourth-order valence-electron chi connectivity index (χ4n) is 3.05. The molecule has 0 bridgehead atoms. The maximum Gasteiger partial charge on any atom is 0.171 e. The number of Topliss-reactive ketones (excluding diaryl/α,β-unsaturated/α-hetero) is 1. The molecule has 5 heteroatoms. The summed E-state index contributed by atoms with van der Waals surface area (Å²) in [5.41, 5.74) is 2.65. The minimum absolute atomic E-state index is 0.101. The molecule has 1 aliphatic rings. The molecule has 4 rings (SSSR count). The summed E-state index contributed by atoms with van der Waals surface area (Å²) >= 11 is 9.49. The molecule has 2 aromatic carbocycles. The number of rotatable bonds is 2. The van der Waals surface area contributed by atoms with Crippen LogP contribution in [-0.4, -0.2) is 17.4 Å². The van der Waals surface area contributed by atoms with E-state index in [1.54, 1.807) is 12.3 Å². The second kappa shape index (κ2) is 5.69. The molecule has 116 valence electrons. The molecule has 2 heterocycles. The number of ether oxygens (including phenoxy) is 1. The molecule has 0 radical (unpaired) electrons. The van der Waals surface area contributed by atoms with Crippen molar-refractivity contribution < 1.29 is 9.53 Å². The van der Waals surface area contributed by atoms with Crippen LogP contribution in [0.4, 0.5) is 0 Å². The number of hydrogen-bond donors (Lipinski definition) is 1. The zero-order valence-corrected chi connectivity index (χ0v) is 14.4. The van der Waals surface area contributed by atoms with Crippen molar-refractivity contribution in [3.05, 3.63) is 63.2 Å². The molecule has 1 atom stereocenters. The average molecular weight is 391 g/mol. The summed E-state index contributed by atoms with van der Waals surface area (Å²) in [6.45, 7) is 0.399. The highest BCUT2D eigenvalue weighted by atomic mass is 79.9. The molecule has 0 saturated carbocycles. The van der Waals surface area contributed by atoms with E-state index in [0.29, 0.717) is 23.6 Å². The van der Waals surface area contributed by atoms with Crippen LogP contribution in [0, 0.1) is 5.92 Å². The van der Waals surface area contributed by atoms with Crippen LogP contribution in [0.5, 0.6) is 5.75 Å². The van der Waals surface area contributed by atoms with Gasteiger partial charge < -0.3 is 9.72 Å². The van der Waals surface area contributed by atoms with Crippen molar-refractivity contribution in [1.82, 2.24) is 4.98 Å². The van der Waals surface area contributed by atoms with Crippen LogP contribution in [-0.2, 0) is 6.42 Å². The Bertz CT molecular complexity index is 919. The summed E-state index contributed by atoms with van der Waals surface area (Å²) in [7, 11) is 0. The fraction of sp³-hybridized carbons (Fsp3) is 0.167. The minimum Gasteiger partial charge on any atom is -0.493 e. The van der Waals surface area contributed by atoms with Gasteiger partial charge in [-0.3, -0.25) is 4.79 Å². The van der Waals surface area contributed by atoms with Crippen LogP contribution >= 0.6 is 27.5 Å². The molecular weight excluding hydrogens is 378 g/mol. The highest BCUT2D eigenvalue weighted by Gasteiger charge is 2.28. The highest BCUT2D eigenvalue weighted by molar-refractivity contribution is 9.10. The van der Waals surface area contributed by atoms with Crippen molar-refractivity contribution in [2.75, 3.05) is 6.61 Å². The quantitative estimate of drug-likeness (QED) is 0.624. The van der Waals surface area contributed by atoms with E-state index in [2.05, 4.69) is 20.9 Å². The number of halogens is 2. The molecule has 0 saturated heterocycles. The first-order valence-corrected chi connectivity index (χ1v) is 8.51. The lowest BCUT2D eigenvalue weighted by Gasteiger charge is -2.24. The van der Waals surface area contributed by atoms with E-state index in [1.165, 1.54) is 0 Å². The summed E-state index contributed by atoms with van der Waals surface area (Å²) in [6, 6.07) is 11.4. The summed E-state index contributed by atoms with van der Waals surface area (Å²) in [6.07, 6.45) is 2.44. The van der Waals surface area contributed by atoms with Gasteiger partial charge >= 0.3 is 0 Å². The van der Waals surface area contributed by atoms with Crippen LogP contribution in [0.2, 0.25) is 5.02 Å². The van der Waals surface area contributed by atoms with E-state index in [1.807, 2.05) is 30.3 Å². The van der Waals surface area contributed by atoms with Gasteiger partial charge in [0.2, 0.25) is 0 Å². The van der Waals surface area contributed by atoms with Crippen LogP contribution in [0.25, 0.3) is 10.9 Å². The molecule has 0 amide bonds. The molecule has 1 N–H and O–H groups in total. The number of hydrogen-bond acceptors (Lipinski definition) is 2. The first-order chi connectivity index (χ1) is 11.1. The Morgan fingerprint density at radius 3 is 3.00 bits per heavy atom. The molecule has 0 aliphatic carbocycles. The van der Waals surface area contributed by atoms with Crippen molar-refractivity contribution in [2.24, 2.45) is 5.92 Å². The highest BCUT2D eigenvalue weighted by Crippen LogP contribution is 2.32. The monoisotopic (exact) mass is 389 g/mol. The van der Waals surface area contributed by atoms with Crippen LogP contribution in [0.1, 0.15) is 15.9 Å². The number of aromatic nitrogens is 1. The van der Waals surface area contributed by atoms with E-state index in [-0.39, 0.29) is 11.7 Å². The third-order valence-electron chi connectivity index (χ3n) is 4.21. The Morgan fingerprint density at radius 1 is 1.26 bits per heavy atom. The first-order valence-electron chi connectivity index (χ1n) is 7.34. The number of ketones is 1. The van der Waals surface area contributed by atoms with Crippen LogP contribution in [0.15, 0.2) is 47.1 Å². The van der Waals surface area contributed by atoms with Crippen molar-refractivity contribution >= 4 is 44.2 Å². The van der Waals surface area contributed by atoms with Gasteiger partial charge in [-0.25, -0.2) is 0 Å². The van der Waals surface area contributed by atoms with Crippen molar-refractivity contribution in [3.63, 3.8) is 0 Å². The number of benzene rings is 2. The molecule has 0 fully saturated rings. The molecule has 3 aromatic rings. The topological polar surface area (TPSA) is 42.1 Å². The molecule has 1 aromatic heterocycles. The molecular formula is C18H13BrClNO2. The van der Waals surface area contributed by atoms with Gasteiger partial charge in [0.1, 0.15) is 5.75 Å². The Hall–Kier alpha value is -1.78. The van der Waals surface area contributed by atoms with Gasteiger partial charge in [0.25, 0.3) is 0 Å². The molecule has 1 unspecified atom stereocenters. The van der Waals surface area contributed by atoms with Crippen molar-refractivity contribution in [2.45, 2.75) is 6.42 Å². The average Bonchev–Trinajstić information content (AvgIpc) is 2.96. The number of nitrogens with one attached hydrogen (secondary N) is 1. The zero-order valence-electron chi connectivity index (χ0n) is 12.1. The lowest BCUT2D eigenvalue weighted by atomic mass is 9.89. The van der Waals surface area contributed by atoms with E-state index >= 15 is 0 Å². The van der Waals surface area contributed by atoms with Gasteiger partial charge in [-0.2, -0.15) is 0 Å². The fourth-order valence-corrected chi connectivity index (χ4v) is 3.61. The summed E-state index contributed by atoms with van der Waals surface area (Å²) in [4.78, 5) is 16.1. The lowest BCUT2D eigenvalue weighted by molar-refractivity contribution is 0.0857. The Kier molecular flexibility index (Phi) is 3.66. The Morgan fingerprint density at radius 2 is 2.13 bits per heavy atom. The maximum atomic E-state index is 12.9. The smallest absolute Gasteiger partial charge is 0.171 e. The molecule has 23 heavy (non-hydrogen) atoms. The second-order valence-electron chi connectivity index (χ2n) is 5.72. The van der Waals surface area contributed by atoms with Crippen molar-refractivity contribution in [3.8, 4) is 5.75 Å². The summed E-state index contributed by atoms with van der Waals surface area (Å²) < 4.78 is 6.73. The van der Waals surface area contributed by atoms with Gasteiger partial charge in [-0.05, 0) is 42.3 Å². The number of H-pyrrole nitrogens is 1. The Labute approximate surface area is 146 Å². The van der Waals surface area contributed by atoms with Crippen molar-refractivity contribution in [1.29, 1.82) is 0 Å². The Balaban J connectivity index is 1.66. The molecule has 3 nitrogen and oxygen atoms in total. The van der Waals surface area contributed by atoms with Crippen LogP contribution < -0.4 is 4.74 Å². The van der Waals surface area contributed by atoms with Gasteiger partial charge in [-0.1, -0.05) is 33.6 Å². The summed E-state index contributed by atoms with van der Waals surface area (Å²) in [5, 5.41) is 1.60. The largest absolute Gasteiger partial charge is 0.493 e. The predicted molar refractivity (Wildman–Crippen MR) is 94.5 cm³/mol.